The van der Waals surface area contributed by atoms with Crippen LogP contribution in [0, 0.1) is 5.92 Å². The summed E-state index contributed by atoms with van der Waals surface area (Å²) >= 11 is 0. The lowest BCUT2D eigenvalue weighted by Gasteiger charge is -2.28. The second-order valence-electron chi connectivity index (χ2n) is 5.65. The van der Waals surface area contributed by atoms with Crippen LogP contribution in [0.5, 0.6) is 0 Å². The Labute approximate surface area is 114 Å². The number of nitrogens with one attached hydrogen (secondary N) is 1. The Hall–Kier alpha value is -0.850. The fourth-order valence-corrected chi connectivity index (χ4v) is 3.07. The van der Waals surface area contributed by atoms with Crippen LogP contribution in [0.4, 0.5) is 4.79 Å². The van der Waals surface area contributed by atoms with Gasteiger partial charge in [-0.05, 0) is 12.3 Å². The van der Waals surface area contributed by atoms with Crippen molar-refractivity contribution >= 4 is 6.09 Å². The van der Waals surface area contributed by atoms with Gasteiger partial charge in [0.15, 0.2) is 6.10 Å². The Balaban J connectivity index is 1.81. The summed E-state index contributed by atoms with van der Waals surface area (Å²) in [5.41, 5.74) is 8.81. The number of carbonyl (C=O) groups is 1. The maximum absolute atomic E-state index is 11.4. The van der Waals surface area contributed by atoms with E-state index in [4.69, 9.17) is 10.5 Å². The van der Waals surface area contributed by atoms with Crippen LogP contribution < -0.4 is 11.2 Å². The van der Waals surface area contributed by atoms with Crippen molar-refractivity contribution in [1.29, 1.82) is 0 Å². The number of carbonyl (C=O) groups excluding carboxylic acids is 1. The van der Waals surface area contributed by atoms with Gasteiger partial charge in [-0.3, -0.25) is 0 Å². The molecule has 2 unspecified atom stereocenters. The van der Waals surface area contributed by atoms with Crippen molar-refractivity contribution in [3.05, 3.63) is 0 Å². The number of nitrogens with zero attached hydrogens (tertiary/aromatic N) is 1. The third-order valence-electron chi connectivity index (χ3n) is 4.25. The van der Waals surface area contributed by atoms with Crippen molar-refractivity contribution in [3.63, 3.8) is 0 Å². The number of hydrogen-bond acceptors (Lipinski definition) is 5. The first kappa shape index (κ1) is 14.6. The normalized spacial score (nSPS) is 28.3. The zero-order valence-electron chi connectivity index (χ0n) is 11.5. The predicted octanol–water partition coefficient (Wildman–Crippen LogP) is 0.600. The van der Waals surface area contributed by atoms with Gasteiger partial charge in [-0.2, -0.15) is 0 Å². The van der Waals surface area contributed by atoms with Gasteiger partial charge in [-0.25, -0.2) is 15.2 Å². The molecule has 4 N–H and O–H groups in total. The molecule has 1 saturated heterocycles. The first-order chi connectivity index (χ1) is 9.11. The number of aliphatic hydroxyl groups is 1. The molecular formula is C13H25N3O3. The highest BCUT2D eigenvalue weighted by Gasteiger charge is 2.38. The number of rotatable bonds is 5. The zero-order chi connectivity index (χ0) is 13.8. The maximum Gasteiger partial charge on any atom is 0.424 e. The van der Waals surface area contributed by atoms with Gasteiger partial charge in [-0.15, -0.1) is 0 Å². The summed E-state index contributed by atoms with van der Waals surface area (Å²) in [4.78, 5) is 11.4. The summed E-state index contributed by atoms with van der Waals surface area (Å²) in [6.45, 7) is 0.342. The van der Waals surface area contributed by atoms with Crippen LogP contribution in [0.15, 0.2) is 0 Å². The molecule has 1 heterocycles. The molecule has 0 spiro atoms. The molecule has 0 bridgehead atoms. The van der Waals surface area contributed by atoms with Gasteiger partial charge in [0.1, 0.15) is 6.10 Å². The number of aliphatic hydroxyl groups excluding tert-OH is 1. The van der Waals surface area contributed by atoms with Crippen LogP contribution in [-0.2, 0) is 4.74 Å². The third-order valence-corrected chi connectivity index (χ3v) is 4.25. The van der Waals surface area contributed by atoms with Crippen molar-refractivity contribution in [2.75, 3.05) is 13.6 Å². The molecule has 6 nitrogen and oxygen atoms in total. The Morgan fingerprint density at radius 2 is 2.16 bits per heavy atom. The number of ether oxygens (including phenoxy) is 1. The van der Waals surface area contributed by atoms with E-state index < -0.39 is 18.3 Å². The van der Waals surface area contributed by atoms with Crippen LogP contribution in [0.25, 0.3) is 0 Å². The van der Waals surface area contributed by atoms with Crippen molar-refractivity contribution in [1.82, 2.24) is 10.4 Å². The number of nitrogens with two attached hydrogens (primary N) is 1. The van der Waals surface area contributed by atoms with Crippen molar-refractivity contribution in [3.8, 4) is 0 Å². The molecule has 0 aromatic rings. The number of amides is 1. The lowest BCUT2D eigenvalue weighted by atomic mass is 9.83. The molecule has 0 aromatic heterocycles. The van der Waals surface area contributed by atoms with E-state index in [0.717, 1.165) is 6.42 Å². The van der Waals surface area contributed by atoms with Crippen LogP contribution in [0.3, 0.4) is 0 Å². The molecule has 3 atom stereocenters. The molecule has 19 heavy (non-hydrogen) atoms. The summed E-state index contributed by atoms with van der Waals surface area (Å²) in [6, 6.07) is -0.322. The number of hydrogen-bond donors (Lipinski definition) is 3. The minimum Gasteiger partial charge on any atom is -0.440 e. The topological polar surface area (TPSA) is 87.8 Å². The average Bonchev–Trinajstić information content (AvgIpc) is 2.80. The van der Waals surface area contributed by atoms with Gasteiger partial charge >= 0.3 is 6.09 Å². The summed E-state index contributed by atoms with van der Waals surface area (Å²) in [5.74, 6) is 0.607. The second-order valence-corrected chi connectivity index (χ2v) is 5.65. The van der Waals surface area contributed by atoms with E-state index in [9.17, 15) is 9.90 Å². The average molecular weight is 271 g/mol. The molecule has 6 heteroatoms. The Morgan fingerprint density at radius 1 is 1.47 bits per heavy atom. The molecule has 2 fully saturated rings. The lowest BCUT2D eigenvalue weighted by Crippen LogP contribution is -2.46. The maximum atomic E-state index is 11.4. The fraction of sp³-hybridized carbons (Fsp3) is 0.923. The molecule has 2 rings (SSSR count). The van der Waals surface area contributed by atoms with Gasteiger partial charge in [0.25, 0.3) is 0 Å². The van der Waals surface area contributed by atoms with Crippen LogP contribution in [-0.4, -0.2) is 48.1 Å². The minimum atomic E-state index is -0.788. The van der Waals surface area contributed by atoms with E-state index in [0.29, 0.717) is 12.5 Å². The molecule has 1 aliphatic carbocycles. The molecule has 2 aliphatic rings. The Kier molecular flexibility index (Phi) is 5.01. The fourth-order valence-electron chi connectivity index (χ4n) is 3.07. The number of hydrazine groups is 1. The van der Waals surface area contributed by atoms with E-state index in [1.54, 1.807) is 7.05 Å². The highest BCUT2D eigenvalue weighted by Crippen LogP contribution is 2.28. The first-order valence-corrected chi connectivity index (χ1v) is 7.21. The molecule has 0 aromatic carbocycles. The quantitative estimate of drug-likeness (QED) is 0.681. The Morgan fingerprint density at radius 3 is 2.74 bits per heavy atom. The highest BCUT2D eigenvalue weighted by atomic mass is 16.6. The smallest absolute Gasteiger partial charge is 0.424 e. The highest BCUT2D eigenvalue weighted by molar-refractivity contribution is 5.69. The van der Waals surface area contributed by atoms with Crippen molar-refractivity contribution < 1.29 is 14.6 Å². The first-order valence-electron chi connectivity index (χ1n) is 7.21. The standard InChI is InChI=1S/C13H25N3O3/c1-15-16-8-11(19-13(16)18)12(17)10(14)7-9-5-3-2-4-6-9/h9-12,15,17H,2-8,14H2,1H3/t10?,11-,12?/m0/s1. The van der Waals surface area contributed by atoms with Crippen molar-refractivity contribution in [2.24, 2.45) is 11.7 Å². The van der Waals surface area contributed by atoms with Crippen LogP contribution in [0.1, 0.15) is 38.5 Å². The van der Waals surface area contributed by atoms with Gasteiger partial charge in [0, 0.05) is 13.1 Å². The van der Waals surface area contributed by atoms with Gasteiger partial charge in [-0.1, -0.05) is 32.1 Å². The SMILES string of the molecule is CNN1C[C@@H](C(O)C(N)CC2CCCCC2)OC1=O. The van der Waals surface area contributed by atoms with E-state index in [-0.39, 0.29) is 6.04 Å². The monoisotopic (exact) mass is 271 g/mol. The minimum absolute atomic E-state index is 0.322. The third kappa shape index (κ3) is 3.58. The van der Waals surface area contributed by atoms with Gasteiger partial charge < -0.3 is 15.6 Å². The molecule has 1 aliphatic heterocycles. The summed E-state index contributed by atoms with van der Waals surface area (Å²) < 4.78 is 5.13. The van der Waals surface area contributed by atoms with E-state index in [2.05, 4.69) is 5.43 Å². The molecule has 110 valence electrons. The van der Waals surface area contributed by atoms with Crippen LogP contribution >= 0.6 is 0 Å². The van der Waals surface area contributed by atoms with Crippen LogP contribution in [0.2, 0.25) is 0 Å². The molecule has 0 radical (unpaired) electrons. The molecule has 1 saturated carbocycles. The lowest BCUT2D eigenvalue weighted by molar-refractivity contribution is 0.0120. The zero-order valence-corrected chi connectivity index (χ0v) is 11.5. The molecular weight excluding hydrogens is 246 g/mol. The van der Waals surface area contributed by atoms with E-state index in [1.165, 1.54) is 37.1 Å². The van der Waals surface area contributed by atoms with Gasteiger partial charge in [0.05, 0.1) is 6.54 Å². The Bertz CT molecular complexity index is 308. The second kappa shape index (κ2) is 6.54. The number of cyclic esters (lactones) is 1. The summed E-state index contributed by atoms with van der Waals surface area (Å²) in [5, 5.41) is 11.6. The summed E-state index contributed by atoms with van der Waals surface area (Å²) in [6.07, 6.45) is 5.29. The van der Waals surface area contributed by atoms with E-state index >= 15 is 0 Å². The molecule has 1 amide bonds. The van der Waals surface area contributed by atoms with Gasteiger partial charge in [0.2, 0.25) is 0 Å². The predicted molar refractivity (Wildman–Crippen MR) is 71.2 cm³/mol. The summed E-state index contributed by atoms with van der Waals surface area (Å²) in [7, 11) is 1.65. The van der Waals surface area contributed by atoms with Crippen molar-refractivity contribution in [2.45, 2.75) is 56.8 Å². The largest absolute Gasteiger partial charge is 0.440 e. The van der Waals surface area contributed by atoms with E-state index in [1.807, 2.05) is 0 Å².